The molecule has 1 aromatic rings. The minimum absolute atomic E-state index is 0.111. The third kappa shape index (κ3) is 4.87. The van der Waals surface area contributed by atoms with E-state index in [1.165, 1.54) is 4.90 Å². The summed E-state index contributed by atoms with van der Waals surface area (Å²) in [5.41, 5.74) is 0. The highest BCUT2D eigenvalue weighted by atomic mass is 16.5. The van der Waals surface area contributed by atoms with Crippen molar-refractivity contribution in [2.75, 3.05) is 39.9 Å². The third-order valence-electron chi connectivity index (χ3n) is 3.68. The van der Waals surface area contributed by atoms with Gasteiger partial charge in [-0.3, -0.25) is 9.59 Å². The van der Waals surface area contributed by atoms with Crippen LogP contribution in [0.1, 0.15) is 6.42 Å². The fourth-order valence-corrected chi connectivity index (χ4v) is 2.37. The molecule has 1 aliphatic rings. The van der Waals surface area contributed by atoms with Gasteiger partial charge in [-0.15, -0.1) is 0 Å². The number of rotatable bonds is 6. The lowest BCUT2D eigenvalue weighted by molar-refractivity contribution is -0.304. The van der Waals surface area contributed by atoms with Crippen molar-refractivity contribution in [1.82, 2.24) is 9.80 Å². The molecule has 2 amide bonds. The molecule has 8 nitrogen and oxygen atoms in total. The van der Waals surface area contributed by atoms with Gasteiger partial charge in [0.05, 0.1) is 19.5 Å². The van der Waals surface area contributed by atoms with Crippen LogP contribution in [0, 0.1) is 0 Å². The molecule has 0 radical (unpaired) electrons. The second kappa shape index (κ2) is 8.19. The molecule has 0 aliphatic carbocycles. The summed E-state index contributed by atoms with van der Waals surface area (Å²) in [6.07, 6.45) is -0.632. The Hall–Kier alpha value is -2.77. The van der Waals surface area contributed by atoms with E-state index >= 15 is 0 Å². The van der Waals surface area contributed by atoms with Gasteiger partial charge in [0.15, 0.2) is 6.61 Å². The Morgan fingerprint density at radius 1 is 1.04 bits per heavy atom. The van der Waals surface area contributed by atoms with Gasteiger partial charge in [0.25, 0.3) is 5.91 Å². The highest BCUT2D eigenvalue weighted by Crippen LogP contribution is 2.18. The topological polar surface area (TPSA) is 99.2 Å². The van der Waals surface area contributed by atoms with Crippen LogP contribution in [0.4, 0.5) is 0 Å². The van der Waals surface area contributed by atoms with Crippen LogP contribution < -0.4 is 14.6 Å². The molecule has 0 saturated carbocycles. The fourth-order valence-electron chi connectivity index (χ4n) is 2.37. The van der Waals surface area contributed by atoms with Crippen LogP contribution in [0.25, 0.3) is 0 Å². The smallest absolute Gasteiger partial charge is 0.260 e. The first-order chi connectivity index (χ1) is 11.5. The van der Waals surface area contributed by atoms with Crippen molar-refractivity contribution in [1.29, 1.82) is 0 Å². The first-order valence-electron chi connectivity index (χ1n) is 7.52. The normalized spacial score (nSPS) is 14.2. The Kier molecular flexibility index (Phi) is 6.00. The third-order valence-corrected chi connectivity index (χ3v) is 3.68. The average Bonchev–Trinajstić information content (AvgIpc) is 2.59. The summed E-state index contributed by atoms with van der Waals surface area (Å²) < 4.78 is 10.5. The minimum Gasteiger partial charge on any atom is -0.550 e. The summed E-state index contributed by atoms with van der Waals surface area (Å²) in [5, 5.41) is 10.4. The van der Waals surface area contributed by atoms with Crippen LogP contribution in [0.2, 0.25) is 0 Å². The standard InChI is InChI=1S/C16H20N2O6/c1-23-12-3-2-4-13(9-12)24-11-15(20)18-7-5-17(6-8-18)14(19)10-16(21)22/h2-4,9H,5-8,10-11H2,1H3,(H,21,22)/p-1. The number of aliphatic carboxylic acids is 1. The van der Waals surface area contributed by atoms with Gasteiger partial charge in [0.1, 0.15) is 11.5 Å². The SMILES string of the molecule is COc1cccc(OCC(=O)N2CCN(C(=O)CC(=O)[O-])CC2)c1. The number of carbonyl (C=O) groups excluding carboxylic acids is 3. The Morgan fingerprint density at radius 3 is 2.21 bits per heavy atom. The maximum absolute atomic E-state index is 12.1. The molecule has 1 aliphatic heterocycles. The van der Waals surface area contributed by atoms with Crippen molar-refractivity contribution < 1.29 is 29.0 Å². The highest BCUT2D eigenvalue weighted by molar-refractivity contribution is 5.92. The molecule has 0 unspecified atom stereocenters. The monoisotopic (exact) mass is 335 g/mol. The van der Waals surface area contributed by atoms with Gasteiger partial charge in [-0.25, -0.2) is 0 Å². The Labute approximate surface area is 139 Å². The van der Waals surface area contributed by atoms with E-state index in [2.05, 4.69) is 0 Å². The van der Waals surface area contributed by atoms with Gasteiger partial charge >= 0.3 is 0 Å². The van der Waals surface area contributed by atoms with Crippen molar-refractivity contribution in [3.05, 3.63) is 24.3 Å². The number of piperazine rings is 1. The zero-order valence-corrected chi connectivity index (χ0v) is 13.4. The van der Waals surface area contributed by atoms with Gasteiger partial charge in [-0.2, -0.15) is 0 Å². The Balaban J connectivity index is 1.78. The van der Waals surface area contributed by atoms with Crippen molar-refractivity contribution >= 4 is 17.8 Å². The molecule has 0 aromatic heterocycles. The van der Waals surface area contributed by atoms with E-state index in [1.807, 2.05) is 0 Å². The maximum atomic E-state index is 12.1. The molecule has 24 heavy (non-hydrogen) atoms. The van der Waals surface area contributed by atoms with Crippen LogP contribution in [-0.4, -0.2) is 67.5 Å². The minimum atomic E-state index is -1.40. The number of benzene rings is 1. The predicted molar refractivity (Wildman–Crippen MR) is 81.3 cm³/mol. The van der Waals surface area contributed by atoms with Crippen LogP contribution in [0.5, 0.6) is 11.5 Å². The number of ether oxygens (including phenoxy) is 2. The number of carboxylic acid groups (broad SMARTS) is 1. The Morgan fingerprint density at radius 2 is 1.62 bits per heavy atom. The molecule has 130 valence electrons. The largest absolute Gasteiger partial charge is 0.550 e. The van der Waals surface area contributed by atoms with Crippen molar-refractivity contribution in [2.45, 2.75) is 6.42 Å². The summed E-state index contributed by atoms with van der Waals surface area (Å²) in [7, 11) is 1.55. The van der Waals surface area contributed by atoms with Gasteiger partial charge in [0.2, 0.25) is 5.91 Å². The first-order valence-corrected chi connectivity index (χ1v) is 7.52. The average molecular weight is 335 g/mol. The van der Waals surface area contributed by atoms with Crippen LogP contribution in [0.15, 0.2) is 24.3 Å². The molecule has 0 N–H and O–H groups in total. The van der Waals surface area contributed by atoms with E-state index in [9.17, 15) is 19.5 Å². The summed E-state index contributed by atoms with van der Waals surface area (Å²) >= 11 is 0. The number of hydrogen-bond donors (Lipinski definition) is 0. The van der Waals surface area contributed by atoms with Gasteiger partial charge in [0, 0.05) is 32.2 Å². The van der Waals surface area contributed by atoms with Crippen molar-refractivity contribution in [3.8, 4) is 11.5 Å². The van der Waals surface area contributed by atoms with Gasteiger partial charge in [-0.1, -0.05) is 6.07 Å². The summed E-state index contributed by atoms with van der Waals surface area (Å²) in [6.45, 7) is 1.19. The van der Waals surface area contributed by atoms with E-state index in [4.69, 9.17) is 9.47 Å². The second-order valence-corrected chi connectivity index (χ2v) is 5.28. The van der Waals surface area contributed by atoms with Gasteiger partial charge < -0.3 is 29.2 Å². The lowest BCUT2D eigenvalue weighted by atomic mass is 10.2. The summed E-state index contributed by atoms with van der Waals surface area (Å²) in [4.78, 5) is 37.2. The van der Waals surface area contributed by atoms with Crippen molar-refractivity contribution in [2.24, 2.45) is 0 Å². The molecular formula is C16H19N2O6-. The summed E-state index contributed by atoms with van der Waals surface area (Å²) in [5.74, 6) is -0.907. The predicted octanol–water partition coefficient (Wildman–Crippen LogP) is -1.12. The van der Waals surface area contributed by atoms with E-state index < -0.39 is 18.3 Å². The molecule has 8 heteroatoms. The number of carbonyl (C=O) groups is 3. The lowest BCUT2D eigenvalue weighted by Gasteiger charge is -2.34. The Bertz CT molecular complexity index is 610. The van der Waals surface area contributed by atoms with E-state index in [0.29, 0.717) is 37.7 Å². The van der Waals surface area contributed by atoms with Gasteiger partial charge in [-0.05, 0) is 12.1 Å². The maximum Gasteiger partial charge on any atom is 0.260 e. The second-order valence-electron chi connectivity index (χ2n) is 5.28. The molecule has 0 atom stereocenters. The zero-order valence-electron chi connectivity index (χ0n) is 13.4. The highest BCUT2D eigenvalue weighted by Gasteiger charge is 2.24. The van der Waals surface area contributed by atoms with Crippen molar-refractivity contribution in [3.63, 3.8) is 0 Å². The van der Waals surface area contributed by atoms with E-state index in [0.717, 1.165) is 0 Å². The fraction of sp³-hybridized carbons (Fsp3) is 0.438. The molecule has 1 aromatic carbocycles. The quantitative estimate of drug-likeness (QED) is 0.611. The molecule has 1 heterocycles. The molecule has 2 rings (SSSR count). The number of methoxy groups -OCH3 is 1. The molecule has 1 fully saturated rings. The lowest BCUT2D eigenvalue weighted by Crippen LogP contribution is -2.52. The summed E-state index contributed by atoms with van der Waals surface area (Å²) in [6, 6.07) is 6.95. The number of nitrogens with zero attached hydrogens (tertiary/aromatic N) is 2. The zero-order chi connectivity index (χ0) is 17.5. The molecule has 1 saturated heterocycles. The molecule has 0 spiro atoms. The van der Waals surface area contributed by atoms with Crippen LogP contribution >= 0.6 is 0 Å². The van der Waals surface area contributed by atoms with E-state index in [1.54, 1.807) is 36.3 Å². The van der Waals surface area contributed by atoms with Crippen LogP contribution in [-0.2, 0) is 14.4 Å². The van der Waals surface area contributed by atoms with Crippen LogP contribution in [0.3, 0.4) is 0 Å². The number of carboxylic acids is 1. The molecular weight excluding hydrogens is 316 g/mol. The molecule has 0 bridgehead atoms. The number of amides is 2. The number of hydrogen-bond acceptors (Lipinski definition) is 6. The van der Waals surface area contributed by atoms with E-state index in [-0.39, 0.29) is 12.5 Å². The first kappa shape index (κ1) is 17.6.